The molecule has 2 atom stereocenters. The standard InChI is InChI=1S/C29H32F2N2O4/c1-18(29(2,3)28(34)35)11-14-36-22-8-10-25-20(15-22)16-23(27-32-12-13-33(27)4)26(37-25)9-6-19-5-7-21(30)17-24(19)31/h5,7-8,10,12-13,15-18,26H,6,9,11,14H2,1-4H3,(H,34,35). The highest BCUT2D eigenvalue weighted by atomic mass is 19.1. The van der Waals surface area contributed by atoms with Gasteiger partial charge < -0.3 is 19.1 Å². The predicted molar refractivity (Wildman–Crippen MR) is 137 cm³/mol. The minimum atomic E-state index is -0.835. The number of aliphatic carboxylic acids is 1. The van der Waals surface area contributed by atoms with Crippen molar-refractivity contribution >= 4 is 17.6 Å². The summed E-state index contributed by atoms with van der Waals surface area (Å²) in [6, 6.07) is 9.17. The molecule has 2 aromatic carbocycles. The van der Waals surface area contributed by atoms with Gasteiger partial charge in [-0.05, 0) is 74.9 Å². The summed E-state index contributed by atoms with van der Waals surface area (Å²) >= 11 is 0. The topological polar surface area (TPSA) is 73.6 Å². The number of nitrogens with zero attached hydrogens (tertiary/aromatic N) is 2. The van der Waals surface area contributed by atoms with Crippen molar-refractivity contribution in [2.45, 2.75) is 46.1 Å². The average molecular weight is 511 g/mol. The molecule has 0 radical (unpaired) electrons. The maximum absolute atomic E-state index is 14.2. The van der Waals surface area contributed by atoms with E-state index in [-0.39, 0.29) is 12.0 Å². The highest BCUT2D eigenvalue weighted by molar-refractivity contribution is 5.85. The van der Waals surface area contributed by atoms with Crippen molar-refractivity contribution in [3.05, 3.63) is 77.4 Å². The van der Waals surface area contributed by atoms with Gasteiger partial charge in [-0.2, -0.15) is 0 Å². The van der Waals surface area contributed by atoms with Gasteiger partial charge >= 0.3 is 5.97 Å². The first-order valence-electron chi connectivity index (χ1n) is 12.4. The Bertz CT molecular complexity index is 1310. The quantitative estimate of drug-likeness (QED) is 0.354. The summed E-state index contributed by atoms with van der Waals surface area (Å²) in [5.41, 5.74) is 1.28. The molecule has 4 rings (SSSR count). The van der Waals surface area contributed by atoms with E-state index in [0.717, 1.165) is 23.0 Å². The molecule has 1 aromatic heterocycles. The van der Waals surface area contributed by atoms with Gasteiger partial charge in [0.1, 0.15) is 35.1 Å². The molecule has 1 N–H and O–H groups in total. The van der Waals surface area contributed by atoms with Gasteiger partial charge in [0, 0.05) is 36.6 Å². The molecule has 2 heterocycles. The number of imidazole rings is 1. The van der Waals surface area contributed by atoms with E-state index in [1.165, 1.54) is 12.1 Å². The Morgan fingerprint density at radius 3 is 2.70 bits per heavy atom. The Morgan fingerprint density at radius 2 is 2.03 bits per heavy atom. The van der Waals surface area contributed by atoms with E-state index in [1.54, 1.807) is 20.0 Å². The Labute approximate surface area is 215 Å². The molecule has 37 heavy (non-hydrogen) atoms. The van der Waals surface area contributed by atoms with E-state index in [0.29, 0.717) is 42.9 Å². The van der Waals surface area contributed by atoms with Crippen molar-refractivity contribution < 1.29 is 28.2 Å². The Kier molecular flexibility index (Phi) is 7.66. The minimum absolute atomic E-state index is 0.0624. The third kappa shape index (κ3) is 5.84. The average Bonchev–Trinajstić information content (AvgIpc) is 3.28. The SMILES string of the molecule is CC(CCOc1ccc2c(c1)C=C(c1nccn1C)C(CCc1ccc(F)cc1F)O2)C(C)(C)C(=O)O. The van der Waals surface area contributed by atoms with Crippen LogP contribution in [0.5, 0.6) is 11.5 Å². The summed E-state index contributed by atoms with van der Waals surface area (Å²) in [5, 5.41) is 9.43. The van der Waals surface area contributed by atoms with Crippen LogP contribution in [0.4, 0.5) is 8.78 Å². The molecule has 0 aliphatic carbocycles. The van der Waals surface area contributed by atoms with E-state index < -0.39 is 23.0 Å². The van der Waals surface area contributed by atoms with Crippen LogP contribution < -0.4 is 9.47 Å². The van der Waals surface area contributed by atoms with Gasteiger partial charge in [0.15, 0.2) is 0 Å². The Balaban J connectivity index is 1.51. The number of carboxylic acids is 1. The second-order valence-electron chi connectivity index (χ2n) is 10.1. The van der Waals surface area contributed by atoms with Crippen LogP contribution in [-0.4, -0.2) is 33.3 Å². The monoisotopic (exact) mass is 510 g/mol. The van der Waals surface area contributed by atoms with Gasteiger partial charge in [0.2, 0.25) is 0 Å². The van der Waals surface area contributed by atoms with Crippen molar-refractivity contribution in [3.8, 4) is 11.5 Å². The number of rotatable bonds is 10. The highest BCUT2D eigenvalue weighted by Crippen LogP contribution is 2.38. The molecule has 1 aliphatic heterocycles. The summed E-state index contributed by atoms with van der Waals surface area (Å²) in [5.74, 6) is 0.0195. The van der Waals surface area contributed by atoms with Crippen molar-refractivity contribution in [1.82, 2.24) is 9.55 Å². The van der Waals surface area contributed by atoms with Crippen molar-refractivity contribution in [2.24, 2.45) is 18.4 Å². The molecule has 3 aromatic rings. The molecular formula is C29H32F2N2O4. The van der Waals surface area contributed by atoms with E-state index in [2.05, 4.69) is 4.98 Å². The van der Waals surface area contributed by atoms with Crippen LogP contribution in [0.3, 0.4) is 0 Å². The molecular weight excluding hydrogens is 478 g/mol. The van der Waals surface area contributed by atoms with Gasteiger partial charge in [-0.15, -0.1) is 0 Å². The number of hydrogen-bond acceptors (Lipinski definition) is 4. The zero-order chi connectivity index (χ0) is 26.7. The fourth-order valence-corrected chi connectivity index (χ4v) is 4.32. The van der Waals surface area contributed by atoms with E-state index in [1.807, 2.05) is 49.0 Å². The molecule has 8 heteroatoms. The summed E-state index contributed by atoms with van der Waals surface area (Å²) < 4.78 is 41.7. The van der Waals surface area contributed by atoms with Crippen LogP contribution in [0.1, 0.15) is 50.6 Å². The summed E-state index contributed by atoms with van der Waals surface area (Å²) in [6.07, 6.45) is 6.66. The molecule has 0 fully saturated rings. The number of halogens is 2. The fourth-order valence-electron chi connectivity index (χ4n) is 4.32. The first kappa shape index (κ1) is 26.4. The number of fused-ring (bicyclic) bond motifs is 1. The number of benzene rings is 2. The van der Waals surface area contributed by atoms with Crippen LogP contribution in [0.25, 0.3) is 11.6 Å². The van der Waals surface area contributed by atoms with Crippen LogP contribution in [-0.2, 0) is 18.3 Å². The molecule has 0 amide bonds. The van der Waals surface area contributed by atoms with Crippen LogP contribution in [0, 0.1) is 23.0 Å². The van der Waals surface area contributed by atoms with Gasteiger partial charge in [0.25, 0.3) is 0 Å². The predicted octanol–water partition coefficient (Wildman–Crippen LogP) is 6.15. The van der Waals surface area contributed by atoms with Crippen molar-refractivity contribution in [1.29, 1.82) is 0 Å². The zero-order valence-corrected chi connectivity index (χ0v) is 21.5. The molecule has 0 saturated heterocycles. The van der Waals surface area contributed by atoms with Gasteiger partial charge in [0.05, 0.1) is 12.0 Å². The number of carbonyl (C=O) groups is 1. The lowest BCUT2D eigenvalue weighted by atomic mass is 9.78. The largest absolute Gasteiger partial charge is 0.494 e. The normalized spacial score (nSPS) is 15.9. The lowest BCUT2D eigenvalue weighted by Crippen LogP contribution is -2.32. The van der Waals surface area contributed by atoms with E-state index in [4.69, 9.17) is 9.47 Å². The van der Waals surface area contributed by atoms with E-state index >= 15 is 0 Å². The molecule has 0 saturated carbocycles. The zero-order valence-electron chi connectivity index (χ0n) is 21.5. The third-order valence-electron chi connectivity index (χ3n) is 7.28. The minimum Gasteiger partial charge on any atom is -0.494 e. The van der Waals surface area contributed by atoms with Crippen LogP contribution in [0.15, 0.2) is 48.8 Å². The summed E-state index contributed by atoms with van der Waals surface area (Å²) in [6.45, 7) is 5.75. The molecule has 0 bridgehead atoms. The lowest BCUT2D eigenvalue weighted by molar-refractivity contribution is -0.150. The number of aromatic nitrogens is 2. The second kappa shape index (κ2) is 10.7. The molecule has 6 nitrogen and oxygen atoms in total. The summed E-state index contributed by atoms with van der Waals surface area (Å²) in [7, 11) is 1.90. The number of aryl methyl sites for hydroxylation is 2. The maximum Gasteiger partial charge on any atom is 0.309 e. The molecule has 0 spiro atoms. The smallest absolute Gasteiger partial charge is 0.309 e. The van der Waals surface area contributed by atoms with Crippen LogP contribution in [0.2, 0.25) is 0 Å². The highest BCUT2D eigenvalue weighted by Gasteiger charge is 2.33. The van der Waals surface area contributed by atoms with Crippen LogP contribution >= 0.6 is 0 Å². The number of carboxylic acid groups (broad SMARTS) is 1. The molecule has 196 valence electrons. The lowest BCUT2D eigenvalue weighted by Gasteiger charge is -2.28. The first-order valence-corrected chi connectivity index (χ1v) is 12.4. The molecule has 1 aliphatic rings. The van der Waals surface area contributed by atoms with Crippen molar-refractivity contribution in [2.75, 3.05) is 6.61 Å². The second-order valence-corrected chi connectivity index (χ2v) is 10.1. The number of hydrogen-bond donors (Lipinski definition) is 1. The Morgan fingerprint density at radius 1 is 1.24 bits per heavy atom. The first-order chi connectivity index (χ1) is 17.6. The fraction of sp³-hybridized carbons (Fsp3) is 0.379. The summed E-state index contributed by atoms with van der Waals surface area (Å²) in [4.78, 5) is 16.0. The maximum atomic E-state index is 14.2. The van der Waals surface area contributed by atoms with Gasteiger partial charge in [-0.25, -0.2) is 13.8 Å². The third-order valence-corrected chi connectivity index (χ3v) is 7.28. The Hall–Kier alpha value is -3.68. The van der Waals surface area contributed by atoms with Gasteiger partial charge in [-0.1, -0.05) is 13.0 Å². The van der Waals surface area contributed by atoms with Gasteiger partial charge in [-0.3, -0.25) is 4.79 Å². The number of ether oxygens (including phenoxy) is 2. The van der Waals surface area contributed by atoms with Crippen molar-refractivity contribution in [3.63, 3.8) is 0 Å². The van der Waals surface area contributed by atoms with E-state index in [9.17, 15) is 18.7 Å². The molecule has 2 unspecified atom stereocenters.